The lowest BCUT2D eigenvalue weighted by Crippen LogP contribution is -2.65. The Bertz CT molecular complexity index is 1030. The zero-order valence-electron chi connectivity index (χ0n) is 28.9. The van der Waals surface area contributed by atoms with E-state index in [0.717, 1.165) is 5.92 Å². The van der Waals surface area contributed by atoms with Crippen LogP contribution in [0.15, 0.2) is 11.6 Å². The van der Waals surface area contributed by atoms with E-state index in [4.69, 9.17) is 4.43 Å². The van der Waals surface area contributed by atoms with E-state index in [2.05, 4.69) is 95.3 Å². The maximum Gasteiger partial charge on any atom is 0.192 e. The Balaban J connectivity index is 1.50. The maximum absolute atomic E-state index is 11.3. The smallest absolute Gasteiger partial charge is 0.192 e. The minimum atomic E-state index is -1.82. The van der Waals surface area contributed by atoms with Gasteiger partial charge in [-0.25, -0.2) is 0 Å². The Morgan fingerprint density at radius 3 is 2.10 bits per heavy atom. The fraction of sp³-hybridized carbons (Fsp3) is 0.946. The highest BCUT2D eigenvalue weighted by molar-refractivity contribution is 6.74. The van der Waals surface area contributed by atoms with Gasteiger partial charge in [0.25, 0.3) is 0 Å². The molecule has 4 fully saturated rings. The van der Waals surface area contributed by atoms with Gasteiger partial charge in [-0.05, 0) is 134 Å². The van der Waals surface area contributed by atoms with Crippen molar-refractivity contribution in [3.05, 3.63) is 11.6 Å². The van der Waals surface area contributed by atoms with Crippen molar-refractivity contribution in [2.45, 2.75) is 171 Å². The molecule has 9 atom stereocenters. The lowest BCUT2D eigenvalue weighted by molar-refractivity contribution is -0.205. The molecule has 230 valence electrons. The Labute approximate surface area is 250 Å². The monoisotopic (exact) mass is 570 g/mol. The van der Waals surface area contributed by atoms with Crippen LogP contribution in [0.1, 0.15) is 140 Å². The summed E-state index contributed by atoms with van der Waals surface area (Å²) >= 11 is 0. The van der Waals surface area contributed by atoms with Crippen molar-refractivity contribution in [2.75, 3.05) is 0 Å². The fourth-order valence-electron chi connectivity index (χ4n) is 11.7. The van der Waals surface area contributed by atoms with Crippen LogP contribution in [0.4, 0.5) is 0 Å². The van der Waals surface area contributed by atoms with E-state index in [1.807, 2.05) is 0 Å². The van der Waals surface area contributed by atoms with Crippen molar-refractivity contribution < 1.29 is 9.53 Å². The predicted molar refractivity (Wildman–Crippen MR) is 173 cm³/mol. The van der Waals surface area contributed by atoms with Crippen LogP contribution in [0.2, 0.25) is 18.1 Å². The number of aliphatic hydroxyl groups excluding tert-OH is 1. The molecule has 0 radical (unpaired) electrons. The van der Waals surface area contributed by atoms with Crippen LogP contribution in [-0.4, -0.2) is 25.6 Å². The van der Waals surface area contributed by atoms with Crippen molar-refractivity contribution in [2.24, 2.45) is 50.2 Å². The summed E-state index contributed by atoms with van der Waals surface area (Å²) in [6.07, 6.45) is 15.6. The van der Waals surface area contributed by atoms with Crippen LogP contribution >= 0.6 is 0 Å². The molecule has 0 aromatic rings. The molecule has 0 aliphatic heterocycles. The average Bonchev–Trinajstić information content (AvgIpc) is 2.80. The minimum Gasteiger partial charge on any atom is -0.413 e. The molecule has 0 amide bonds. The van der Waals surface area contributed by atoms with Crippen molar-refractivity contribution in [1.29, 1.82) is 0 Å². The van der Waals surface area contributed by atoms with E-state index >= 15 is 0 Å². The quantitative estimate of drug-likeness (QED) is 0.270. The highest BCUT2D eigenvalue weighted by Crippen LogP contribution is 2.76. The van der Waals surface area contributed by atoms with Gasteiger partial charge < -0.3 is 9.53 Å². The number of aliphatic hydroxyl groups is 1. The van der Waals surface area contributed by atoms with Crippen molar-refractivity contribution in [1.82, 2.24) is 0 Å². The second kappa shape index (κ2) is 9.20. The van der Waals surface area contributed by atoms with Crippen LogP contribution in [0.5, 0.6) is 0 Å². The first-order valence-corrected chi connectivity index (χ1v) is 20.0. The Kier molecular flexibility index (Phi) is 7.20. The summed E-state index contributed by atoms with van der Waals surface area (Å²) < 4.78 is 7.23. The largest absolute Gasteiger partial charge is 0.413 e. The molecule has 1 N–H and O–H groups in total. The Morgan fingerprint density at radius 2 is 1.50 bits per heavy atom. The molecule has 5 aliphatic carbocycles. The van der Waals surface area contributed by atoms with Crippen LogP contribution in [0.25, 0.3) is 0 Å². The molecule has 0 saturated heterocycles. The first kappa shape index (κ1) is 31.3. The number of rotatable bonds is 3. The molecule has 3 heteroatoms. The molecule has 5 aliphatic rings. The first-order valence-electron chi connectivity index (χ1n) is 17.1. The Morgan fingerprint density at radius 1 is 0.875 bits per heavy atom. The summed E-state index contributed by atoms with van der Waals surface area (Å²) in [4.78, 5) is 0. The molecule has 3 unspecified atom stereocenters. The summed E-state index contributed by atoms with van der Waals surface area (Å²) in [5.74, 6) is 1.99. The van der Waals surface area contributed by atoms with Crippen LogP contribution in [0, 0.1) is 50.2 Å². The first-order chi connectivity index (χ1) is 18.1. The summed E-state index contributed by atoms with van der Waals surface area (Å²) in [5, 5.41) is 11.5. The van der Waals surface area contributed by atoms with Crippen LogP contribution < -0.4 is 0 Å². The molecular formula is C37H66O2Si. The third-order valence-corrected chi connectivity index (χ3v) is 20.2. The second-order valence-corrected chi connectivity index (χ2v) is 24.1. The molecule has 5 rings (SSSR count). The fourth-order valence-corrected chi connectivity index (χ4v) is 13.2. The van der Waals surface area contributed by atoms with Gasteiger partial charge >= 0.3 is 0 Å². The molecule has 0 spiro atoms. The SMILES string of the molecule is C[C@@H](O)[C@]12CCC(C)(C)C[C@H]1C1=CCC3[C@@]4(C)CCC(O[Si](C)(C)C(C)(C)C)C(C)(C)C4CC[C@@]3(C)[C@@]1(C)CC2. The third-order valence-electron chi connectivity index (χ3n) is 15.7. The van der Waals surface area contributed by atoms with Crippen LogP contribution in [0.3, 0.4) is 0 Å². The number of fused-ring (bicyclic) bond motifs is 7. The van der Waals surface area contributed by atoms with Crippen molar-refractivity contribution in [3.63, 3.8) is 0 Å². The second-order valence-electron chi connectivity index (χ2n) is 19.4. The third kappa shape index (κ3) is 4.19. The molecule has 2 nitrogen and oxygen atoms in total. The van der Waals surface area contributed by atoms with Crippen molar-refractivity contribution in [3.8, 4) is 0 Å². The summed E-state index contributed by atoms with van der Waals surface area (Å²) in [6, 6.07) is 0. The molecule has 4 saturated carbocycles. The minimum absolute atomic E-state index is 0.0896. The summed E-state index contributed by atoms with van der Waals surface area (Å²) in [6.45, 7) is 32.4. The standard InChI is InChI=1S/C37H66O2Si/c1-25(38)37-22-20-32(5,6)24-27(37)26-14-15-29-34(9)18-17-30(39-40(12,13)31(2,3)4)33(7,8)28(34)16-19-36(29,11)35(26,10)21-23-37/h14,25,27-30,38H,15-24H2,1-13H3/t25-,27+,28?,29?,30?,34+,35+,36-,37-/m1/s1. The summed E-state index contributed by atoms with van der Waals surface area (Å²) in [5.41, 5.74) is 3.37. The molecule has 0 aromatic heterocycles. The number of hydrogen-bond acceptors (Lipinski definition) is 2. The highest BCUT2D eigenvalue weighted by Gasteiger charge is 2.69. The van der Waals surface area contributed by atoms with Gasteiger partial charge in [0, 0.05) is 5.41 Å². The zero-order valence-corrected chi connectivity index (χ0v) is 29.9. The normalized spacial score (nSPS) is 47.2. The van der Waals surface area contributed by atoms with E-state index in [1.54, 1.807) is 5.57 Å². The molecule has 0 aromatic carbocycles. The molecule has 0 bridgehead atoms. The van der Waals surface area contributed by atoms with Gasteiger partial charge in [0.15, 0.2) is 8.32 Å². The number of hydrogen-bond donors (Lipinski definition) is 1. The maximum atomic E-state index is 11.3. The van der Waals surface area contributed by atoms with Gasteiger partial charge in [0.2, 0.25) is 0 Å². The van der Waals surface area contributed by atoms with Gasteiger partial charge in [0.05, 0.1) is 12.2 Å². The van der Waals surface area contributed by atoms with Gasteiger partial charge in [-0.2, -0.15) is 0 Å². The molecule has 40 heavy (non-hydrogen) atoms. The van der Waals surface area contributed by atoms with Crippen molar-refractivity contribution >= 4 is 8.32 Å². The van der Waals surface area contributed by atoms with Gasteiger partial charge in [0.1, 0.15) is 0 Å². The van der Waals surface area contributed by atoms with E-state index < -0.39 is 8.32 Å². The van der Waals surface area contributed by atoms with Crippen LogP contribution in [-0.2, 0) is 4.43 Å². The van der Waals surface area contributed by atoms with E-state index in [9.17, 15) is 5.11 Å². The lowest BCUT2D eigenvalue weighted by Gasteiger charge is -2.72. The molecule has 0 heterocycles. The molecular weight excluding hydrogens is 504 g/mol. The predicted octanol–water partition coefficient (Wildman–Crippen LogP) is 10.6. The lowest BCUT2D eigenvalue weighted by atomic mass is 9.33. The topological polar surface area (TPSA) is 29.5 Å². The van der Waals surface area contributed by atoms with Gasteiger partial charge in [-0.1, -0.05) is 80.9 Å². The van der Waals surface area contributed by atoms with E-state index in [1.165, 1.54) is 64.2 Å². The zero-order chi connectivity index (χ0) is 29.9. The average molecular weight is 571 g/mol. The van der Waals surface area contributed by atoms with Gasteiger partial charge in [-0.15, -0.1) is 0 Å². The summed E-state index contributed by atoms with van der Waals surface area (Å²) in [7, 11) is -1.82. The van der Waals surface area contributed by atoms with E-state index in [0.29, 0.717) is 34.2 Å². The van der Waals surface area contributed by atoms with Gasteiger partial charge in [-0.3, -0.25) is 0 Å². The Hall–Kier alpha value is -0.123. The highest BCUT2D eigenvalue weighted by atomic mass is 28.4. The van der Waals surface area contributed by atoms with E-state index in [-0.39, 0.29) is 27.4 Å². The number of allylic oxidation sites excluding steroid dienone is 2.